The van der Waals surface area contributed by atoms with Crippen molar-refractivity contribution in [2.75, 3.05) is 5.32 Å². The van der Waals surface area contributed by atoms with Crippen molar-refractivity contribution in [2.24, 2.45) is 0 Å². The van der Waals surface area contributed by atoms with Gasteiger partial charge in [0.25, 0.3) is 0 Å². The van der Waals surface area contributed by atoms with Gasteiger partial charge in [0, 0.05) is 11.0 Å². The molecule has 0 aliphatic heterocycles. The molecule has 1 N–H and O–H groups in total. The lowest BCUT2D eigenvalue weighted by atomic mass is 10.1. The van der Waals surface area contributed by atoms with Crippen LogP contribution in [0.2, 0.25) is 10.0 Å². The Balaban J connectivity index is 2.11. The van der Waals surface area contributed by atoms with Crippen LogP contribution < -0.4 is 5.32 Å². The largest absolute Gasteiger partial charge is 0.380 e. The van der Waals surface area contributed by atoms with Gasteiger partial charge in [-0.3, -0.25) is 0 Å². The SMILES string of the molecule is Cc1cc(CNc2cccc(Cl)c2Cl)ccc1Br. The van der Waals surface area contributed by atoms with E-state index in [-0.39, 0.29) is 0 Å². The van der Waals surface area contributed by atoms with Crippen LogP contribution in [0.15, 0.2) is 40.9 Å². The van der Waals surface area contributed by atoms with Gasteiger partial charge in [0.2, 0.25) is 0 Å². The number of rotatable bonds is 3. The Labute approximate surface area is 125 Å². The van der Waals surface area contributed by atoms with Gasteiger partial charge in [-0.05, 0) is 36.2 Å². The maximum absolute atomic E-state index is 6.11. The third-order valence-electron chi connectivity index (χ3n) is 2.66. The van der Waals surface area contributed by atoms with E-state index in [4.69, 9.17) is 23.2 Å². The molecule has 0 bridgehead atoms. The second kappa shape index (κ2) is 5.96. The number of nitrogens with one attached hydrogen (secondary N) is 1. The van der Waals surface area contributed by atoms with Gasteiger partial charge in [0.1, 0.15) is 0 Å². The Morgan fingerprint density at radius 1 is 1.17 bits per heavy atom. The molecule has 0 aromatic heterocycles. The molecule has 18 heavy (non-hydrogen) atoms. The van der Waals surface area contributed by atoms with Gasteiger partial charge in [0.05, 0.1) is 15.7 Å². The minimum atomic E-state index is 0.563. The maximum atomic E-state index is 6.11. The first-order chi connectivity index (χ1) is 8.58. The Morgan fingerprint density at radius 3 is 2.67 bits per heavy atom. The van der Waals surface area contributed by atoms with Crippen molar-refractivity contribution in [1.29, 1.82) is 0 Å². The Hall–Kier alpha value is -0.700. The lowest BCUT2D eigenvalue weighted by molar-refractivity contribution is 1.14. The van der Waals surface area contributed by atoms with E-state index in [0.29, 0.717) is 16.6 Å². The first-order valence-corrected chi connectivity index (χ1v) is 7.06. The Morgan fingerprint density at radius 2 is 1.94 bits per heavy atom. The summed E-state index contributed by atoms with van der Waals surface area (Å²) >= 11 is 15.6. The van der Waals surface area contributed by atoms with Gasteiger partial charge in [-0.15, -0.1) is 0 Å². The van der Waals surface area contributed by atoms with Gasteiger partial charge in [-0.25, -0.2) is 0 Å². The average Bonchev–Trinajstić information content (AvgIpc) is 2.35. The molecule has 0 spiro atoms. The standard InChI is InChI=1S/C14H12BrCl2N/c1-9-7-10(5-6-11(9)15)8-18-13-4-2-3-12(16)14(13)17/h2-7,18H,8H2,1H3. The summed E-state index contributed by atoms with van der Waals surface area (Å²) in [6.07, 6.45) is 0. The monoisotopic (exact) mass is 343 g/mol. The molecule has 0 saturated carbocycles. The molecule has 2 aromatic rings. The highest BCUT2D eigenvalue weighted by molar-refractivity contribution is 9.10. The van der Waals surface area contributed by atoms with E-state index in [0.717, 1.165) is 10.2 Å². The number of hydrogen-bond acceptors (Lipinski definition) is 1. The number of anilines is 1. The predicted molar refractivity (Wildman–Crippen MR) is 82.7 cm³/mol. The molecular weight excluding hydrogens is 333 g/mol. The van der Waals surface area contributed by atoms with E-state index in [2.05, 4.69) is 40.3 Å². The van der Waals surface area contributed by atoms with Gasteiger partial charge >= 0.3 is 0 Å². The fourth-order valence-electron chi connectivity index (χ4n) is 1.65. The van der Waals surface area contributed by atoms with Gasteiger partial charge in [0.15, 0.2) is 0 Å². The number of hydrogen-bond donors (Lipinski definition) is 1. The first kappa shape index (κ1) is 13.7. The molecule has 0 atom stereocenters. The zero-order valence-corrected chi connectivity index (χ0v) is 12.9. The molecule has 0 aliphatic carbocycles. The summed E-state index contributed by atoms with van der Waals surface area (Å²) in [7, 11) is 0. The summed E-state index contributed by atoms with van der Waals surface area (Å²) in [5.41, 5.74) is 3.27. The molecule has 1 nitrogen and oxygen atoms in total. The number of aryl methyl sites for hydroxylation is 1. The lowest BCUT2D eigenvalue weighted by Gasteiger charge is -2.10. The molecule has 4 heteroatoms. The number of benzene rings is 2. The fraction of sp³-hybridized carbons (Fsp3) is 0.143. The van der Waals surface area contributed by atoms with E-state index in [9.17, 15) is 0 Å². The van der Waals surface area contributed by atoms with Crippen LogP contribution in [0, 0.1) is 6.92 Å². The van der Waals surface area contributed by atoms with Crippen molar-refractivity contribution >= 4 is 44.8 Å². The van der Waals surface area contributed by atoms with Crippen LogP contribution in [0.25, 0.3) is 0 Å². The van der Waals surface area contributed by atoms with Crippen molar-refractivity contribution in [3.05, 3.63) is 62.0 Å². The lowest BCUT2D eigenvalue weighted by Crippen LogP contribution is -2.00. The van der Waals surface area contributed by atoms with Crippen molar-refractivity contribution in [1.82, 2.24) is 0 Å². The Kier molecular flexibility index (Phi) is 4.55. The van der Waals surface area contributed by atoms with E-state index >= 15 is 0 Å². The van der Waals surface area contributed by atoms with Crippen molar-refractivity contribution < 1.29 is 0 Å². The normalized spacial score (nSPS) is 10.4. The average molecular weight is 345 g/mol. The molecule has 0 radical (unpaired) electrons. The first-order valence-electron chi connectivity index (χ1n) is 5.51. The molecule has 0 fully saturated rings. The van der Waals surface area contributed by atoms with Gasteiger partial charge < -0.3 is 5.32 Å². The van der Waals surface area contributed by atoms with E-state index in [1.165, 1.54) is 11.1 Å². The molecule has 0 aliphatic rings. The van der Waals surface area contributed by atoms with Crippen molar-refractivity contribution in [3.8, 4) is 0 Å². The number of halogens is 3. The van der Waals surface area contributed by atoms with Gasteiger partial charge in [-0.2, -0.15) is 0 Å². The molecule has 2 rings (SSSR count). The minimum absolute atomic E-state index is 0.563. The highest BCUT2D eigenvalue weighted by Gasteiger charge is 2.04. The predicted octanol–water partition coefficient (Wildman–Crippen LogP) is 5.68. The van der Waals surface area contributed by atoms with Crippen LogP contribution in [0.1, 0.15) is 11.1 Å². The smallest absolute Gasteiger partial charge is 0.0823 e. The van der Waals surface area contributed by atoms with Crippen LogP contribution in [0.3, 0.4) is 0 Å². The van der Waals surface area contributed by atoms with Crippen LogP contribution in [0.5, 0.6) is 0 Å². The second-order valence-corrected chi connectivity index (χ2v) is 5.68. The summed E-state index contributed by atoms with van der Waals surface area (Å²) < 4.78 is 1.12. The van der Waals surface area contributed by atoms with Gasteiger partial charge in [-0.1, -0.05) is 57.3 Å². The summed E-state index contributed by atoms with van der Waals surface area (Å²) in [5.74, 6) is 0. The fourth-order valence-corrected chi connectivity index (χ4v) is 2.27. The topological polar surface area (TPSA) is 12.0 Å². The summed E-state index contributed by atoms with van der Waals surface area (Å²) in [4.78, 5) is 0. The molecule has 0 unspecified atom stereocenters. The van der Waals surface area contributed by atoms with Crippen LogP contribution >= 0.6 is 39.1 Å². The van der Waals surface area contributed by atoms with Crippen LogP contribution in [-0.2, 0) is 6.54 Å². The zero-order chi connectivity index (χ0) is 13.1. The Bertz CT molecular complexity index is 570. The third-order valence-corrected chi connectivity index (χ3v) is 4.37. The quantitative estimate of drug-likeness (QED) is 0.755. The van der Waals surface area contributed by atoms with Crippen LogP contribution in [-0.4, -0.2) is 0 Å². The molecule has 0 saturated heterocycles. The summed E-state index contributed by atoms with van der Waals surface area (Å²) in [5, 5.41) is 4.41. The highest BCUT2D eigenvalue weighted by Crippen LogP contribution is 2.30. The zero-order valence-electron chi connectivity index (χ0n) is 9.81. The summed E-state index contributed by atoms with van der Waals surface area (Å²) in [6, 6.07) is 11.8. The summed E-state index contributed by atoms with van der Waals surface area (Å²) in [6.45, 7) is 2.79. The molecule has 94 valence electrons. The van der Waals surface area contributed by atoms with E-state index < -0.39 is 0 Å². The third kappa shape index (κ3) is 3.19. The van der Waals surface area contributed by atoms with Crippen molar-refractivity contribution in [3.63, 3.8) is 0 Å². The molecular formula is C14H12BrCl2N. The maximum Gasteiger partial charge on any atom is 0.0823 e. The van der Waals surface area contributed by atoms with Crippen LogP contribution in [0.4, 0.5) is 5.69 Å². The van der Waals surface area contributed by atoms with E-state index in [1.807, 2.05) is 18.2 Å². The van der Waals surface area contributed by atoms with Crippen molar-refractivity contribution in [2.45, 2.75) is 13.5 Å². The minimum Gasteiger partial charge on any atom is -0.380 e. The molecule has 0 amide bonds. The second-order valence-electron chi connectivity index (χ2n) is 4.04. The van der Waals surface area contributed by atoms with E-state index in [1.54, 1.807) is 6.07 Å². The molecule has 2 aromatic carbocycles. The highest BCUT2D eigenvalue weighted by atomic mass is 79.9. The molecule has 0 heterocycles.